The lowest BCUT2D eigenvalue weighted by Crippen LogP contribution is -2.45. The maximum absolute atomic E-state index is 6.08. The predicted molar refractivity (Wildman–Crippen MR) is 97.4 cm³/mol. The lowest BCUT2D eigenvalue weighted by atomic mass is 9.88. The smallest absolute Gasteiger partial charge is 0.124 e. The molecule has 0 saturated carbocycles. The van der Waals surface area contributed by atoms with E-state index in [2.05, 4.69) is 28.1 Å². The van der Waals surface area contributed by atoms with E-state index in [9.17, 15) is 0 Å². The van der Waals surface area contributed by atoms with Crippen molar-refractivity contribution in [1.82, 2.24) is 9.88 Å². The van der Waals surface area contributed by atoms with Crippen LogP contribution in [0.2, 0.25) is 0 Å². The number of ether oxygens (including phenoxy) is 2. The van der Waals surface area contributed by atoms with Crippen molar-refractivity contribution in [3.63, 3.8) is 0 Å². The number of nitrogens with zero attached hydrogens (tertiary/aromatic N) is 2. The second-order valence-electron chi connectivity index (χ2n) is 7.09. The van der Waals surface area contributed by atoms with Crippen molar-refractivity contribution >= 4 is 0 Å². The second-order valence-corrected chi connectivity index (χ2v) is 7.09. The average Bonchev–Trinajstić information content (AvgIpc) is 2.68. The van der Waals surface area contributed by atoms with Crippen LogP contribution in [0.5, 0.6) is 5.75 Å². The summed E-state index contributed by atoms with van der Waals surface area (Å²) in [5.74, 6) is 1.68. The van der Waals surface area contributed by atoms with Gasteiger partial charge in [-0.05, 0) is 37.3 Å². The monoisotopic (exact) mass is 338 g/mol. The minimum Gasteiger partial charge on any atom is -0.489 e. The highest BCUT2D eigenvalue weighted by atomic mass is 16.5. The third kappa shape index (κ3) is 4.20. The lowest BCUT2D eigenvalue weighted by Gasteiger charge is -2.41. The molecule has 0 radical (unpaired) electrons. The molecule has 0 spiro atoms. The van der Waals surface area contributed by atoms with Crippen molar-refractivity contribution in [1.29, 1.82) is 0 Å². The zero-order valence-corrected chi connectivity index (χ0v) is 14.6. The Morgan fingerprint density at radius 3 is 3.04 bits per heavy atom. The Morgan fingerprint density at radius 2 is 2.12 bits per heavy atom. The topological polar surface area (TPSA) is 34.6 Å². The van der Waals surface area contributed by atoms with E-state index in [1.54, 1.807) is 6.20 Å². The normalized spacial score (nSPS) is 23.8. The van der Waals surface area contributed by atoms with Crippen molar-refractivity contribution in [3.05, 3.63) is 59.9 Å². The first-order valence-corrected chi connectivity index (χ1v) is 9.32. The van der Waals surface area contributed by atoms with Crippen LogP contribution in [0, 0.1) is 5.92 Å². The maximum Gasteiger partial charge on any atom is 0.124 e. The molecule has 2 aliphatic heterocycles. The zero-order chi connectivity index (χ0) is 16.9. The molecule has 1 aromatic heterocycles. The van der Waals surface area contributed by atoms with Crippen LogP contribution in [0.1, 0.15) is 30.4 Å². The molecule has 2 atom stereocenters. The molecule has 4 nitrogen and oxygen atoms in total. The number of piperidine rings is 1. The number of pyridine rings is 1. The molecule has 2 aromatic rings. The Hall–Kier alpha value is -1.91. The van der Waals surface area contributed by atoms with E-state index in [-0.39, 0.29) is 0 Å². The second kappa shape index (κ2) is 7.98. The van der Waals surface area contributed by atoms with E-state index in [1.165, 1.54) is 18.4 Å². The first-order valence-electron chi connectivity index (χ1n) is 9.32. The number of fused-ring (bicyclic) bond motifs is 1. The molecular weight excluding hydrogens is 312 g/mol. The summed E-state index contributed by atoms with van der Waals surface area (Å²) in [7, 11) is 0. The number of hydrogen-bond acceptors (Lipinski definition) is 4. The standard InChI is InChI=1S/C21H26N2O2/c1-2-8-20(25-16-17-5-3-10-22-13-17)18(6-1)14-23-11-9-21-19(15-23)7-4-12-24-21/h1-3,5-6,8,10,13,19,21H,4,7,9,11-12,14-16H2/t19-,21+/m0/s1. The fourth-order valence-corrected chi connectivity index (χ4v) is 3.97. The van der Waals surface area contributed by atoms with Gasteiger partial charge in [-0.1, -0.05) is 24.3 Å². The van der Waals surface area contributed by atoms with Gasteiger partial charge in [-0.15, -0.1) is 0 Å². The van der Waals surface area contributed by atoms with Crippen molar-refractivity contribution in [3.8, 4) is 5.75 Å². The Kier molecular flexibility index (Phi) is 5.28. The zero-order valence-electron chi connectivity index (χ0n) is 14.6. The number of rotatable bonds is 5. The summed E-state index contributed by atoms with van der Waals surface area (Å²) in [5.41, 5.74) is 2.36. The molecule has 4 heteroatoms. The van der Waals surface area contributed by atoms with E-state index >= 15 is 0 Å². The summed E-state index contributed by atoms with van der Waals surface area (Å²) >= 11 is 0. The Balaban J connectivity index is 1.39. The summed E-state index contributed by atoms with van der Waals surface area (Å²) in [4.78, 5) is 6.71. The molecule has 25 heavy (non-hydrogen) atoms. The quantitative estimate of drug-likeness (QED) is 0.833. The van der Waals surface area contributed by atoms with E-state index in [4.69, 9.17) is 9.47 Å². The fourth-order valence-electron chi connectivity index (χ4n) is 3.97. The van der Waals surface area contributed by atoms with Crippen molar-refractivity contribution in [2.45, 2.75) is 38.5 Å². The highest BCUT2D eigenvalue weighted by molar-refractivity contribution is 5.33. The van der Waals surface area contributed by atoms with Gasteiger partial charge in [-0.2, -0.15) is 0 Å². The number of aromatic nitrogens is 1. The van der Waals surface area contributed by atoms with Gasteiger partial charge in [0, 0.05) is 49.8 Å². The van der Waals surface area contributed by atoms with E-state index in [0.717, 1.165) is 44.0 Å². The van der Waals surface area contributed by atoms with Crippen molar-refractivity contribution in [2.24, 2.45) is 5.92 Å². The van der Waals surface area contributed by atoms with Crippen LogP contribution in [0.4, 0.5) is 0 Å². The fraction of sp³-hybridized carbons (Fsp3) is 0.476. The lowest BCUT2D eigenvalue weighted by molar-refractivity contribution is -0.0676. The maximum atomic E-state index is 6.08. The summed E-state index contributed by atoms with van der Waals surface area (Å²) in [6.45, 7) is 4.71. The Labute approximate surface area is 149 Å². The van der Waals surface area contributed by atoms with Crippen LogP contribution < -0.4 is 4.74 Å². The van der Waals surface area contributed by atoms with Crippen LogP contribution >= 0.6 is 0 Å². The number of hydrogen-bond donors (Lipinski definition) is 0. The molecule has 0 unspecified atom stereocenters. The first kappa shape index (κ1) is 16.6. The van der Waals surface area contributed by atoms with E-state index < -0.39 is 0 Å². The molecule has 4 rings (SSSR count). The third-order valence-corrected chi connectivity index (χ3v) is 5.28. The molecule has 0 amide bonds. The van der Waals surface area contributed by atoms with Crippen molar-refractivity contribution < 1.29 is 9.47 Å². The Bertz CT molecular complexity index is 677. The van der Waals surface area contributed by atoms with Crippen LogP contribution in [0.3, 0.4) is 0 Å². The summed E-state index contributed by atoms with van der Waals surface area (Å²) < 4.78 is 12.0. The third-order valence-electron chi connectivity index (χ3n) is 5.28. The van der Waals surface area contributed by atoms with Crippen molar-refractivity contribution in [2.75, 3.05) is 19.7 Å². The number of benzene rings is 1. The van der Waals surface area contributed by atoms with Gasteiger partial charge in [0.1, 0.15) is 12.4 Å². The molecule has 1 aromatic carbocycles. The minimum absolute atomic E-state index is 0.488. The number of para-hydroxylation sites is 1. The van der Waals surface area contributed by atoms with Crippen LogP contribution in [-0.4, -0.2) is 35.7 Å². The molecule has 3 heterocycles. The van der Waals surface area contributed by atoms with Crippen LogP contribution in [-0.2, 0) is 17.9 Å². The molecule has 2 saturated heterocycles. The average molecular weight is 338 g/mol. The van der Waals surface area contributed by atoms with Crippen LogP contribution in [0.15, 0.2) is 48.8 Å². The van der Waals surface area contributed by atoms with Gasteiger partial charge < -0.3 is 9.47 Å². The van der Waals surface area contributed by atoms with Gasteiger partial charge in [0.15, 0.2) is 0 Å². The summed E-state index contributed by atoms with van der Waals surface area (Å²) in [5, 5.41) is 0. The van der Waals surface area contributed by atoms with Crippen LogP contribution in [0.25, 0.3) is 0 Å². The molecular formula is C21H26N2O2. The Morgan fingerprint density at radius 1 is 1.16 bits per heavy atom. The summed E-state index contributed by atoms with van der Waals surface area (Å²) in [6, 6.07) is 12.4. The van der Waals surface area contributed by atoms with Gasteiger partial charge in [0.05, 0.1) is 6.10 Å². The molecule has 2 fully saturated rings. The predicted octanol–water partition coefficient (Wildman–Crippen LogP) is 3.66. The first-order chi connectivity index (χ1) is 12.4. The van der Waals surface area contributed by atoms with Gasteiger partial charge in [0.25, 0.3) is 0 Å². The highest BCUT2D eigenvalue weighted by Gasteiger charge is 2.32. The molecule has 2 aliphatic rings. The SMILES string of the molecule is c1cncc(COc2ccccc2CN2CC[C@H]3OCCC[C@H]3C2)c1. The van der Waals surface area contributed by atoms with E-state index in [0.29, 0.717) is 18.6 Å². The van der Waals surface area contributed by atoms with Gasteiger partial charge in [-0.25, -0.2) is 0 Å². The number of likely N-dealkylation sites (tertiary alicyclic amines) is 1. The van der Waals surface area contributed by atoms with Gasteiger partial charge in [0.2, 0.25) is 0 Å². The largest absolute Gasteiger partial charge is 0.489 e. The van der Waals surface area contributed by atoms with E-state index in [1.807, 2.05) is 24.4 Å². The molecule has 0 aliphatic carbocycles. The van der Waals surface area contributed by atoms with Gasteiger partial charge >= 0.3 is 0 Å². The summed E-state index contributed by atoms with van der Waals surface area (Å²) in [6.07, 6.45) is 7.80. The molecule has 0 bridgehead atoms. The molecule has 132 valence electrons. The minimum atomic E-state index is 0.488. The molecule has 0 N–H and O–H groups in total. The van der Waals surface area contributed by atoms with Gasteiger partial charge in [-0.3, -0.25) is 9.88 Å². The highest BCUT2D eigenvalue weighted by Crippen LogP contribution is 2.30.